The number of aryl methyl sites for hydroxylation is 1. The zero-order valence-corrected chi connectivity index (χ0v) is 18.3. The number of Topliss-reactive ketones (excluding diaryl/α,β-unsaturated/α-hetero) is 1. The molecule has 2 aromatic carbocycles. The maximum absolute atomic E-state index is 13.0. The highest BCUT2D eigenvalue weighted by Gasteiger charge is 2.12. The number of hydrogen-bond acceptors (Lipinski definition) is 4. The average Bonchev–Trinajstić information content (AvgIpc) is 2.85. The third kappa shape index (κ3) is 5.74. The van der Waals surface area contributed by atoms with E-state index in [-0.39, 0.29) is 5.78 Å². The van der Waals surface area contributed by atoms with Crippen LogP contribution in [0.15, 0.2) is 102 Å². The molecule has 0 radical (unpaired) electrons. The molecule has 5 nitrogen and oxygen atoms in total. The van der Waals surface area contributed by atoms with E-state index < -0.39 is 11.0 Å². The summed E-state index contributed by atoms with van der Waals surface area (Å²) < 4.78 is 16.1. The first-order valence-corrected chi connectivity index (χ1v) is 11.5. The van der Waals surface area contributed by atoms with Gasteiger partial charge >= 0.3 is 0 Å². The van der Waals surface area contributed by atoms with Crippen molar-refractivity contribution in [2.24, 2.45) is 0 Å². The van der Waals surface area contributed by atoms with E-state index in [1.807, 2.05) is 72.8 Å². The topological polar surface area (TPSA) is 72.0 Å². The lowest BCUT2D eigenvalue weighted by Gasteiger charge is -2.11. The van der Waals surface area contributed by atoms with Crippen molar-refractivity contribution in [3.63, 3.8) is 0 Å². The monoisotopic (exact) mass is 441 g/mol. The van der Waals surface area contributed by atoms with E-state index in [2.05, 4.69) is 14.7 Å². The van der Waals surface area contributed by atoms with Crippen LogP contribution in [0, 0.1) is 0 Å². The van der Waals surface area contributed by atoms with Crippen molar-refractivity contribution in [2.45, 2.75) is 24.2 Å². The number of pyridine rings is 2. The minimum absolute atomic E-state index is 0.185. The lowest BCUT2D eigenvalue weighted by atomic mass is 10.0. The maximum atomic E-state index is 13.0. The molecule has 4 aromatic rings. The predicted octanol–water partition coefficient (Wildman–Crippen LogP) is 5.02. The fourth-order valence-electron chi connectivity index (χ4n) is 3.40. The van der Waals surface area contributed by atoms with Gasteiger partial charge in [-0.1, -0.05) is 36.4 Å². The second-order valence-corrected chi connectivity index (χ2v) is 8.56. The van der Waals surface area contributed by atoms with E-state index in [0.717, 1.165) is 27.9 Å². The smallest absolute Gasteiger partial charge is 0.150 e. The summed E-state index contributed by atoms with van der Waals surface area (Å²) in [5.41, 5.74) is 4.60. The highest BCUT2D eigenvalue weighted by Crippen LogP contribution is 2.26. The number of rotatable bonds is 9. The van der Waals surface area contributed by atoms with Crippen molar-refractivity contribution in [1.29, 1.82) is 0 Å². The van der Waals surface area contributed by atoms with Crippen molar-refractivity contribution in [3.05, 3.63) is 109 Å². The fourth-order valence-corrected chi connectivity index (χ4v) is 4.44. The Morgan fingerprint density at radius 3 is 2.34 bits per heavy atom. The van der Waals surface area contributed by atoms with Gasteiger partial charge in [-0.3, -0.25) is 14.8 Å². The van der Waals surface area contributed by atoms with E-state index in [4.69, 9.17) is 0 Å². The molecule has 0 bridgehead atoms. The van der Waals surface area contributed by atoms with Crippen LogP contribution in [0.25, 0.3) is 11.1 Å². The van der Waals surface area contributed by atoms with E-state index in [1.165, 1.54) is 0 Å². The van der Waals surface area contributed by atoms with Gasteiger partial charge in [-0.2, -0.15) is 0 Å². The van der Waals surface area contributed by atoms with Crippen molar-refractivity contribution < 1.29 is 9.00 Å². The summed E-state index contributed by atoms with van der Waals surface area (Å²) in [5, 5.41) is 0. The van der Waals surface area contributed by atoms with Crippen molar-refractivity contribution >= 4 is 22.5 Å². The summed E-state index contributed by atoms with van der Waals surface area (Å²) in [5.74, 6) is 0.185. The molecule has 0 aliphatic heterocycles. The lowest BCUT2D eigenvalue weighted by molar-refractivity contribution is -0.118. The molecule has 2 heterocycles. The quantitative estimate of drug-likeness (QED) is 0.396. The molecule has 0 aliphatic rings. The van der Waals surface area contributed by atoms with E-state index in [0.29, 0.717) is 24.2 Å². The molecule has 1 atom stereocenters. The molecule has 1 N–H and O–H groups in total. The molecule has 160 valence electrons. The molecule has 0 amide bonds. The minimum Gasteiger partial charge on any atom is -0.301 e. The summed E-state index contributed by atoms with van der Waals surface area (Å²) >= 11 is 0. The number of anilines is 1. The minimum atomic E-state index is -1.43. The van der Waals surface area contributed by atoms with E-state index >= 15 is 0 Å². The van der Waals surface area contributed by atoms with Crippen LogP contribution in [0.3, 0.4) is 0 Å². The average molecular weight is 442 g/mol. The summed E-state index contributed by atoms with van der Waals surface area (Å²) in [7, 11) is -1.43. The van der Waals surface area contributed by atoms with Crippen LogP contribution in [0.1, 0.15) is 17.5 Å². The molecule has 32 heavy (non-hydrogen) atoms. The summed E-state index contributed by atoms with van der Waals surface area (Å²) in [4.78, 5) is 21.1. The second-order valence-electron chi connectivity index (χ2n) is 7.38. The van der Waals surface area contributed by atoms with Crippen LogP contribution in [0.4, 0.5) is 5.69 Å². The van der Waals surface area contributed by atoms with Gasteiger partial charge in [0.15, 0.2) is 11.0 Å². The number of carbonyl (C=O) groups excluding carboxylic acids is 1. The number of aromatic nitrogens is 2. The van der Waals surface area contributed by atoms with Crippen LogP contribution in [0.5, 0.6) is 0 Å². The first-order chi connectivity index (χ1) is 15.7. The van der Waals surface area contributed by atoms with E-state index in [1.54, 1.807) is 24.8 Å². The standard InChI is InChI=1S/C26H23N3O2S/c30-24(12-9-21-4-3-15-28-19-21)18-20-7-10-23(11-8-20)29-32(31)26-6-2-1-5-25(26)22-13-16-27-17-14-22/h1-8,10-11,13-17,19,29H,9,12,18H2. The van der Waals surface area contributed by atoms with Gasteiger partial charge in [0.1, 0.15) is 5.78 Å². The normalized spacial score (nSPS) is 11.6. The highest BCUT2D eigenvalue weighted by molar-refractivity contribution is 7.86. The Hall–Kier alpha value is -3.64. The first kappa shape index (κ1) is 21.6. The molecule has 0 fully saturated rings. The molecule has 1 unspecified atom stereocenters. The Balaban J connectivity index is 1.37. The molecule has 2 aromatic heterocycles. The third-order valence-electron chi connectivity index (χ3n) is 5.06. The molecule has 0 saturated heterocycles. The van der Waals surface area contributed by atoms with Gasteiger partial charge in [-0.05, 0) is 65.1 Å². The third-order valence-corrected chi connectivity index (χ3v) is 6.24. The Kier molecular flexibility index (Phi) is 7.15. The fraction of sp³-hybridized carbons (Fsp3) is 0.115. The van der Waals surface area contributed by atoms with Crippen LogP contribution in [-0.4, -0.2) is 20.0 Å². The molecule has 6 heteroatoms. The Morgan fingerprint density at radius 1 is 0.812 bits per heavy atom. The van der Waals surface area contributed by atoms with Gasteiger partial charge in [0.2, 0.25) is 0 Å². The van der Waals surface area contributed by atoms with Gasteiger partial charge in [-0.15, -0.1) is 0 Å². The SMILES string of the molecule is O=C(CCc1cccnc1)Cc1ccc(NS(=O)c2ccccc2-c2ccncc2)cc1. The van der Waals surface area contributed by atoms with Gasteiger partial charge < -0.3 is 4.72 Å². The van der Waals surface area contributed by atoms with Crippen LogP contribution < -0.4 is 4.72 Å². The number of benzene rings is 2. The van der Waals surface area contributed by atoms with Crippen LogP contribution in [-0.2, 0) is 28.6 Å². The number of carbonyl (C=O) groups is 1. The van der Waals surface area contributed by atoms with Gasteiger partial charge in [0.05, 0.1) is 4.90 Å². The maximum Gasteiger partial charge on any atom is 0.150 e. The zero-order valence-electron chi connectivity index (χ0n) is 17.5. The highest BCUT2D eigenvalue weighted by atomic mass is 32.2. The van der Waals surface area contributed by atoms with Gasteiger partial charge in [0.25, 0.3) is 0 Å². The van der Waals surface area contributed by atoms with Gasteiger partial charge in [-0.25, -0.2) is 4.21 Å². The number of hydrogen-bond donors (Lipinski definition) is 1. The van der Waals surface area contributed by atoms with Crippen LogP contribution in [0.2, 0.25) is 0 Å². The molecular formula is C26H23N3O2S. The Labute approximate surface area is 190 Å². The largest absolute Gasteiger partial charge is 0.301 e. The molecule has 0 saturated carbocycles. The van der Waals surface area contributed by atoms with Crippen LogP contribution >= 0.6 is 0 Å². The number of ketones is 1. The van der Waals surface area contributed by atoms with Gasteiger partial charge in [0, 0.05) is 43.3 Å². The molecular weight excluding hydrogens is 418 g/mol. The number of nitrogens with one attached hydrogen (secondary N) is 1. The summed E-state index contributed by atoms with van der Waals surface area (Å²) in [6, 6.07) is 22.8. The van der Waals surface area contributed by atoms with Crippen molar-refractivity contribution in [2.75, 3.05) is 4.72 Å². The molecule has 0 spiro atoms. The van der Waals surface area contributed by atoms with Crippen molar-refractivity contribution in [3.8, 4) is 11.1 Å². The van der Waals surface area contributed by atoms with E-state index in [9.17, 15) is 9.00 Å². The number of nitrogens with zero attached hydrogens (tertiary/aromatic N) is 2. The lowest BCUT2D eigenvalue weighted by Crippen LogP contribution is -2.07. The summed E-state index contributed by atoms with van der Waals surface area (Å²) in [6.07, 6.45) is 8.53. The first-order valence-electron chi connectivity index (χ1n) is 10.4. The predicted molar refractivity (Wildman–Crippen MR) is 127 cm³/mol. The Bertz CT molecular complexity index is 1200. The second kappa shape index (κ2) is 10.6. The molecule has 4 rings (SSSR count). The Morgan fingerprint density at radius 2 is 1.59 bits per heavy atom. The summed E-state index contributed by atoms with van der Waals surface area (Å²) in [6.45, 7) is 0. The molecule has 0 aliphatic carbocycles. The van der Waals surface area contributed by atoms with Crippen molar-refractivity contribution in [1.82, 2.24) is 9.97 Å². The zero-order chi connectivity index (χ0) is 22.2.